The molecular weight excluding hydrogens is 571 g/mol. The van der Waals surface area contributed by atoms with Crippen molar-refractivity contribution in [2.24, 2.45) is 4.99 Å². The molecule has 0 spiro atoms. The van der Waals surface area contributed by atoms with E-state index in [0.29, 0.717) is 55.5 Å². The number of allylic oxidation sites excluding steroid dienone is 1. The maximum absolute atomic E-state index is 14.0. The Balaban J connectivity index is 1.42. The van der Waals surface area contributed by atoms with Crippen LogP contribution in [0.15, 0.2) is 96.4 Å². The number of furan rings is 1. The number of nitrogens with one attached hydrogen (secondary N) is 1. The zero-order valence-corrected chi connectivity index (χ0v) is 25.2. The van der Waals surface area contributed by atoms with E-state index in [9.17, 15) is 9.59 Å². The molecular formula is C31H29N5O4S2. The summed E-state index contributed by atoms with van der Waals surface area (Å²) in [5.41, 5.74) is 3.34. The van der Waals surface area contributed by atoms with Crippen LogP contribution < -0.4 is 19.6 Å². The number of para-hydroxylation sites is 3. The molecule has 2 aromatic carbocycles. The number of fused-ring (bicyclic) bond motifs is 2. The van der Waals surface area contributed by atoms with E-state index in [4.69, 9.17) is 14.1 Å². The monoisotopic (exact) mass is 599 g/mol. The molecule has 1 aliphatic heterocycles. The van der Waals surface area contributed by atoms with Gasteiger partial charge in [-0.15, -0.1) is 0 Å². The van der Waals surface area contributed by atoms with Crippen molar-refractivity contribution in [3.63, 3.8) is 0 Å². The number of imidazole rings is 1. The Labute approximate surface area is 249 Å². The standard InChI is InChI=1S/C31H29N5O4S2/c1-5-35(6-2)29(38)26-18(3)32-31-36(27(26)20-11-7-10-14-23(20)39-4)28(37)24(41-31)17-19-15-16-25(40-19)42-30-33-21-12-8-9-13-22(21)34-30/h7-17,27H,5-6H2,1-4H3,(H,33,34)/b24-17+/t27-/m1/s1. The van der Waals surface area contributed by atoms with Crippen LogP contribution in [0.4, 0.5) is 0 Å². The van der Waals surface area contributed by atoms with Crippen LogP contribution in [-0.4, -0.2) is 45.5 Å². The number of likely N-dealkylation sites (N-methyl/N-ethyl adjacent to an activating group) is 1. The topological polar surface area (TPSA) is 106 Å². The van der Waals surface area contributed by atoms with Gasteiger partial charge in [0.1, 0.15) is 17.6 Å². The van der Waals surface area contributed by atoms with Gasteiger partial charge < -0.3 is 19.0 Å². The minimum Gasteiger partial charge on any atom is -0.496 e. The number of aromatic nitrogens is 3. The van der Waals surface area contributed by atoms with Gasteiger partial charge in [0.05, 0.1) is 33.9 Å². The number of hydrogen-bond acceptors (Lipinski definition) is 8. The minimum absolute atomic E-state index is 0.148. The molecule has 9 nitrogen and oxygen atoms in total. The summed E-state index contributed by atoms with van der Waals surface area (Å²) < 4.78 is 13.8. The molecule has 0 saturated carbocycles. The molecule has 0 bridgehead atoms. The summed E-state index contributed by atoms with van der Waals surface area (Å²) in [7, 11) is 1.59. The zero-order chi connectivity index (χ0) is 29.4. The number of hydrogen-bond donors (Lipinski definition) is 1. The predicted octanol–water partition coefficient (Wildman–Crippen LogP) is 4.73. The smallest absolute Gasteiger partial charge is 0.271 e. The molecule has 1 amide bonds. The summed E-state index contributed by atoms with van der Waals surface area (Å²) in [6, 6.07) is 18.3. The van der Waals surface area contributed by atoms with E-state index in [1.54, 1.807) is 22.7 Å². The average Bonchev–Trinajstić information content (AvgIpc) is 3.70. The molecule has 42 heavy (non-hydrogen) atoms. The first-order valence-electron chi connectivity index (χ1n) is 13.6. The number of H-pyrrole nitrogens is 1. The number of carbonyl (C=O) groups excluding carboxylic acids is 1. The Hall–Kier alpha value is -4.35. The quantitative estimate of drug-likeness (QED) is 0.277. The van der Waals surface area contributed by atoms with E-state index in [-0.39, 0.29) is 11.5 Å². The Morgan fingerprint density at radius 1 is 1.14 bits per heavy atom. The lowest BCUT2D eigenvalue weighted by atomic mass is 9.94. The maximum atomic E-state index is 14.0. The summed E-state index contributed by atoms with van der Waals surface area (Å²) in [6.45, 7) is 6.79. The number of benzene rings is 2. The summed E-state index contributed by atoms with van der Waals surface area (Å²) in [4.78, 5) is 42.7. The molecule has 1 N–H and O–H groups in total. The lowest BCUT2D eigenvalue weighted by molar-refractivity contribution is -0.127. The Kier molecular flexibility index (Phi) is 7.61. The fraction of sp³-hybridized carbons (Fsp3) is 0.226. The van der Waals surface area contributed by atoms with Crippen molar-refractivity contribution in [2.45, 2.75) is 37.1 Å². The number of nitrogens with zero attached hydrogens (tertiary/aromatic N) is 4. The minimum atomic E-state index is -0.691. The van der Waals surface area contributed by atoms with Crippen LogP contribution in [0, 0.1) is 0 Å². The first kappa shape index (κ1) is 27.8. The van der Waals surface area contributed by atoms with Crippen LogP contribution in [0.5, 0.6) is 5.75 Å². The van der Waals surface area contributed by atoms with Crippen LogP contribution >= 0.6 is 23.1 Å². The molecule has 1 aliphatic rings. The molecule has 0 saturated heterocycles. The van der Waals surface area contributed by atoms with Crippen LogP contribution in [0.3, 0.4) is 0 Å². The van der Waals surface area contributed by atoms with E-state index in [1.165, 1.54) is 23.1 Å². The Morgan fingerprint density at radius 2 is 1.90 bits per heavy atom. The molecule has 0 unspecified atom stereocenters. The van der Waals surface area contributed by atoms with Gasteiger partial charge in [-0.2, -0.15) is 0 Å². The second-order valence-electron chi connectivity index (χ2n) is 9.62. The summed E-state index contributed by atoms with van der Waals surface area (Å²) in [5.74, 6) is 0.975. The van der Waals surface area contributed by atoms with Gasteiger partial charge in [-0.1, -0.05) is 41.7 Å². The molecule has 5 aromatic rings. The molecule has 6 rings (SSSR count). The fourth-order valence-corrected chi connectivity index (χ4v) is 6.93. The molecule has 0 radical (unpaired) electrons. The van der Waals surface area contributed by atoms with Crippen molar-refractivity contribution >= 4 is 46.1 Å². The van der Waals surface area contributed by atoms with Crippen LogP contribution in [0.1, 0.15) is 38.1 Å². The third-order valence-electron chi connectivity index (χ3n) is 7.18. The molecule has 3 aromatic heterocycles. The molecule has 214 valence electrons. The van der Waals surface area contributed by atoms with Crippen LogP contribution in [-0.2, 0) is 4.79 Å². The summed E-state index contributed by atoms with van der Waals surface area (Å²) >= 11 is 2.64. The van der Waals surface area contributed by atoms with Gasteiger partial charge in [0.25, 0.3) is 11.5 Å². The number of amides is 1. The van der Waals surface area contributed by atoms with Crippen molar-refractivity contribution in [3.8, 4) is 5.75 Å². The highest BCUT2D eigenvalue weighted by Crippen LogP contribution is 2.36. The van der Waals surface area contributed by atoms with E-state index in [1.807, 2.05) is 81.4 Å². The predicted molar refractivity (Wildman–Crippen MR) is 164 cm³/mol. The lowest BCUT2D eigenvalue weighted by Gasteiger charge is -2.29. The van der Waals surface area contributed by atoms with Gasteiger partial charge in [0.15, 0.2) is 15.1 Å². The Morgan fingerprint density at radius 3 is 2.67 bits per heavy atom. The van der Waals surface area contributed by atoms with Crippen molar-refractivity contribution in [2.75, 3.05) is 20.2 Å². The van der Waals surface area contributed by atoms with Crippen molar-refractivity contribution in [1.29, 1.82) is 0 Å². The summed E-state index contributed by atoms with van der Waals surface area (Å²) in [6.07, 6.45) is 1.72. The number of methoxy groups -OCH3 is 1. The maximum Gasteiger partial charge on any atom is 0.271 e. The Bertz CT molecular complexity index is 1980. The van der Waals surface area contributed by atoms with Gasteiger partial charge in [0, 0.05) is 24.7 Å². The molecule has 1 atom stereocenters. The van der Waals surface area contributed by atoms with Crippen LogP contribution in [0.2, 0.25) is 0 Å². The van der Waals surface area contributed by atoms with Gasteiger partial charge in [-0.3, -0.25) is 14.2 Å². The van der Waals surface area contributed by atoms with E-state index in [2.05, 4.69) is 9.97 Å². The highest BCUT2D eigenvalue weighted by molar-refractivity contribution is 7.99. The number of rotatable bonds is 8. The highest BCUT2D eigenvalue weighted by atomic mass is 32.2. The van der Waals surface area contributed by atoms with Crippen molar-refractivity contribution < 1.29 is 13.9 Å². The fourth-order valence-electron chi connectivity index (χ4n) is 5.13. The lowest BCUT2D eigenvalue weighted by Crippen LogP contribution is -2.43. The van der Waals surface area contributed by atoms with E-state index < -0.39 is 6.04 Å². The van der Waals surface area contributed by atoms with E-state index in [0.717, 1.165) is 16.6 Å². The number of thiazole rings is 1. The largest absolute Gasteiger partial charge is 0.496 e. The SMILES string of the molecule is CCN(CC)C(=O)C1=C(C)N=c2s/c(=C/c3ccc(Sc4nc5ccccc5[nH]4)o3)c(=O)n2[C@@H]1c1ccccc1OC. The van der Waals surface area contributed by atoms with Gasteiger partial charge in [-0.25, -0.2) is 9.98 Å². The van der Waals surface area contributed by atoms with E-state index >= 15 is 0 Å². The first-order chi connectivity index (χ1) is 20.4. The average molecular weight is 600 g/mol. The number of aromatic amines is 1. The number of ether oxygens (including phenoxy) is 1. The number of carbonyl (C=O) groups is 1. The second kappa shape index (κ2) is 11.5. The van der Waals surface area contributed by atoms with Crippen LogP contribution in [0.25, 0.3) is 17.1 Å². The third-order valence-corrected chi connectivity index (χ3v) is 8.97. The zero-order valence-electron chi connectivity index (χ0n) is 23.6. The molecule has 4 heterocycles. The van der Waals surface area contributed by atoms with Crippen molar-refractivity contribution in [1.82, 2.24) is 19.4 Å². The third kappa shape index (κ3) is 4.99. The summed E-state index contributed by atoms with van der Waals surface area (Å²) in [5, 5.41) is 1.36. The van der Waals surface area contributed by atoms with Gasteiger partial charge in [0.2, 0.25) is 0 Å². The highest BCUT2D eigenvalue weighted by Gasteiger charge is 2.35. The normalized spacial score (nSPS) is 15.1. The molecule has 11 heteroatoms. The van der Waals surface area contributed by atoms with Gasteiger partial charge in [-0.05, 0) is 62.9 Å². The first-order valence-corrected chi connectivity index (χ1v) is 15.2. The molecule has 0 fully saturated rings. The van der Waals surface area contributed by atoms with Gasteiger partial charge >= 0.3 is 0 Å². The second-order valence-corrected chi connectivity index (χ2v) is 11.6. The molecule has 0 aliphatic carbocycles. The van der Waals surface area contributed by atoms with Crippen molar-refractivity contribution in [3.05, 3.63) is 103 Å².